The van der Waals surface area contributed by atoms with Crippen molar-refractivity contribution in [2.24, 2.45) is 0 Å². The second-order valence-corrected chi connectivity index (χ2v) is 5.46. The average molecular weight is 265 g/mol. The first kappa shape index (κ1) is 12.9. The number of benzene rings is 1. The largest absolute Gasteiger partial charge is 0.380 e. The van der Waals surface area contributed by atoms with Crippen molar-refractivity contribution < 1.29 is 13.9 Å². The number of rotatable bonds is 2. The summed E-state index contributed by atoms with van der Waals surface area (Å²) < 4.78 is 25.2. The van der Waals surface area contributed by atoms with Crippen molar-refractivity contribution in [3.8, 4) is 0 Å². The molecule has 0 aromatic heterocycles. The summed E-state index contributed by atoms with van der Waals surface area (Å²) in [5.74, 6) is -0.517. The van der Waals surface area contributed by atoms with Gasteiger partial charge in [0.2, 0.25) is 0 Å². The fraction of sp³-hybridized carbons (Fsp3) is 0.600. The fourth-order valence-corrected chi connectivity index (χ4v) is 3.01. The molecule has 1 N–H and O–H groups in total. The zero-order valence-electron chi connectivity index (χ0n) is 11.2. The van der Waals surface area contributed by atoms with E-state index in [1.165, 1.54) is 6.07 Å². The van der Waals surface area contributed by atoms with Crippen LogP contribution in [0.2, 0.25) is 0 Å². The number of nitrogens with one attached hydrogen (secondary N) is 1. The third-order valence-corrected chi connectivity index (χ3v) is 4.13. The van der Waals surface area contributed by atoms with Crippen LogP contribution in [-0.4, -0.2) is 25.0 Å². The highest BCUT2D eigenvalue weighted by atomic mass is 19.1. The molecule has 0 atom stereocenters. The summed E-state index contributed by atoms with van der Waals surface area (Å²) in [5.41, 5.74) is 1.59. The summed E-state index contributed by atoms with van der Waals surface area (Å²) in [6, 6.07) is 5.47. The van der Waals surface area contributed by atoms with E-state index in [1.807, 2.05) is 13.0 Å². The second kappa shape index (κ2) is 5.10. The lowest BCUT2D eigenvalue weighted by atomic mass is 9.89. The van der Waals surface area contributed by atoms with Crippen LogP contribution in [0.15, 0.2) is 18.2 Å². The van der Waals surface area contributed by atoms with Crippen LogP contribution in [0.4, 0.5) is 10.1 Å². The van der Waals surface area contributed by atoms with Gasteiger partial charge in [-0.25, -0.2) is 4.39 Å². The number of hydrogen-bond acceptors (Lipinski definition) is 3. The van der Waals surface area contributed by atoms with Gasteiger partial charge in [0.05, 0.1) is 18.9 Å². The van der Waals surface area contributed by atoms with Gasteiger partial charge in [-0.3, -0.25) is 0 Å². The van der Waals surface area contributed by atoms with Crippen molar-refractivity contribution in [2.75, 3.05) is 18.5 Å². The molecule has 1 aliphatic carbocycles. The van der Waals surface area contributed by atoms with E-state index in [-0.39, 0.29) is 11.6 Å². The number of anilines is 1. The van der Waals surface area contributed by atoms with Gasteiger partial charge >= 0.3 is 0 Å². The minimum Gasteiger partial charge on any atom is -0.380 e. The Morgan fingerprint density at radius 2 is 1.89 bits per heavy atom. The third-order valence-electron chi connectivity index (χ3n) is 4.13. The molecular formula is C15H20FNO2. The molecule has 1 aromatic carbocycles. The number of halogens is 1. The predicted molar refractivity (Wildman–Crippen MR) is 71.7 cm³/mol. The maximum atomic E-state index is 13.8. The van der Waals surface area contributed by atoms with Crippen molar-refractivity contribution >= 4 is 5.69 Å². The summed E-state index contributed by atoms with van der Waals surface area (Å²) in [7, 11) is 0. The molecule has 0 amide bonds. The summed E-state index contributed by atoms with van der Waals surface area (Å²) in [4.78, 5) is 0. The lowest BCUT2D eigenvalue weighted by molar-refractivity contribution is -0.177. The van der Waals surface area contributed by atoms with E-state index in [4.69, 9.17) is 9.47 Å². The highest BCUT2D eigenvalue weighted by Gasteiger charge is 2.40. The standard InChI is InChI=1S/C15H20FNO2/c1-11-3-2-4-13(16)14(11)17-12-5-7-15(8-6-12)18-9-10-19-15/h2-4,12,17H,5-10H2,1H3. The molecule has 0 unspecified atom stereocenters. The molecule has 2 fully saturated rings. The van der Waals surface area contributed by atoms with Crippen LogP contribution in [0, 0.1) is 12.7 Å². The number of para-hydroxylation sites is 1. The van der Waals surface area contributed by atoms with E-state index in [0.29, 0.717) is 24.9 Å². The van der Waals surface area contributed by atoms with Gasteiger partial charge in [-0.1, -0.05) is 12.1 Å². The quantitative estimate of drug-likeness (QED) is 0.890. The Bertz CT molecular complexity index is 427. The molecule has 1 aliphatic heterocycles. The Labute approximate surface area is 113 Å². The zero-order chi connectivity index (χ0) is 13.3. The van der Waals surface area contributed by atoms with Gasteiger partial charge in [-0.2, -0.15) is 0 Å². The second-order valence-electron chi connectivity index (χ2n) is 5.46. The first-order chi connectivity index (χ1) is 9.19. The summed E-state index contributed by atoms with van der Waals surface area (Å²) >= 11 is 0. The lowest BCUT2D eigenvalue weighted by Crippen LogP contribution is -2.39. The molecule has 1 saturated carbocycles. The Hall–Kier alpha value is -1.13. The van der Waals surface area contributed by atoms with Crippen LogP contribution in [0.3, 0.4) is 0 Å². The highest BCUT2D eigenvalue weighted by Crippen LogP contribution is 2.37. The Morgan fingerprint density at radius 1 is 1.21 bits per heavy atom. The Balaban J connectivity index is 1.63. The lowest BCUT2D eigenvalue weighted by Gasteiger charge is -2.36. The van der Waals surface area contributed by atoms with Crippen LogP contribution < -0.4 is 5.32 Å². The smallest absolute Gasteiger partial charge is 0.168 e. The van der Waals surface area contributed by atoms with Crippen molar-refractivity contribution in [2.45, 2.75) is 44.4 Å². The zero-order valence-corrected chi connectivity index (χ0v) is 11.2. The topological polar surface area (TPSA) is 30.5 Å². The minimum absolute atomic E-state index is 0.173. The van der Waals surface area contributed by atoms with Crippen molar-refractivity contribution in [3.63, 3.8) is 0 Å². The van der Waals surface area contributed by atoms with E-state index < -0.39 is 0 Å². The molecule has 3 nitrogen and oxygen atoms in total. The number of hydrogen-bond donors (Lipinski definition) is 1. The van der Waals surface area contributed by atoms with Gasteiger partial charge in [0.15, 0.2) is 5.79 Å². The summed E-state index contributed by atoms with van der Waals surface area (Å²) in [6.07, 6.45) is 3.68. The van der Waals surface area contributed by atoms with Crippen LogP contribution in [0.1, 0.15) is 31.2 Å². The monoisotopic (exact) mass is 265 g/mol. The molecule has 0 bridgehead atoms. The third kappa shape index (κ3) is 2.60. The molecule has 1 heterocycles. The van der Waals surface area contributed by atoms with E-state index in [9.17, 15) is 4.39 Å². The van der Waals surface area contributed by atoms with Crippen molar-refractivity contribution in [3.05, 3.63) is 29.6 Å². The highest BCUT2D eigenvalue weighted by molar-refractivity contribution is 5.52. The van der Waals surface area contributed by atoms with E-state index in [1.54, 1.807) is 6.07 Å². The number of ether oxygens (including phenoxy) is 2. The average Bonchev–Trinajstić information content (AvgIpc) is 2.85. The molecule has 4 heteroatoms. The van der Waals surface area contributed by atoms with Gasteiger partial charge in [0, 0.05) is 18.9 Å². The van der Waals surface area contributed by atoms with Gasteiger partial charge in [-0.15, -0.1) is 0 Å². The molecule has 3 rings (SSSR count). The van der Waals surface area contributed by atoms with E-state index >= 15 is 0 Å². The first-order valence-corrected chi connectivity index (χ1v) is 6.98. The van der Waals surface area contributed by atoms with Crippen molar-refractivity contribution in [1.82, 2.24) is 0 Å². The Morgan fingerprint density at radius 3 is 2.53 bits per heavy atom. The predicted octanol–water partition coefficient (Wildman–Crippen LogP) is 3.23. The summed E-state index contributed by atoms with van der Waals surface area (Å²) in [5, 5.41) is 3.34. The van der Waals surface area contributed by atoms with Crippen LogP contribution in [0.25, 0.3) is 0 Å². The SMILES string of the molecule is Cc1cccc(F)c1NC1CCC2(CC1)OCCO2. The molecule has 2 aliphatic rings. The minimum atomic E-state index is -0.345. The molecule has 0 radical (unpaired) electrons. The van der Waals surface area contributed by atoms with Gasteiger partial charge < -0.3 is 14.8 Å². The Kier molecular flexibility index (Phi) is 3.46. The molecule has 1 saturated heterocycles. The van der Waals surface area contributed by atoms with E-state index in [2.05, 4.69) is 5.32 Å². The van der Waals surface area contributed by atoms with Crippen LogP contribution >= 0.6 is 0 Å². The molecule has 1 spiro atoms. The number of aryl methyl sites for hydroxylation is 1. The molecule has 1 aromatic rings. The maximum absolute atomic E-state index is 13.8. The fourth-order valence-electron chi connectivity index (χ4n) is 3.01. The molecular weight excluding hydrogens is 245 g/mol. The normalized spacial score (nSPS) is 22.8. The summed E-state index contributed by atoms with van der Waals surface area (Å²) in [6.45, 7) is 3.33. The van der Waals surface area contributed by atoms with Gasteiger partial charge in [-0.05, 0) is 31.4 Å². The van der Waals surface area contributed by atoms with E-state index in [0.717, 1.165) is 31.2 Å². The maximum Gasteiger partial charge on any atom is 0.168 e. The van der Waals surface area contributed by atoms with Crippen LogP contribution in [-0.2, 0) is 9.47 Å². The van der Waals surface area contributed by atoms with Crippen LogP contribution in [0.5, 0.6) is 0 Å². The van der Waals surface area contributed by atoms with Crippen molar-refractivity contribution in [1.29, 1.82) is 0 Å². The first-order valence-electron chi connectivity index (χ1n) is 6.98. The van der Waals surface area contributed by atoms with Gasteiger partial charge in [0.25, 0.3) is 0 Å². The van der Waals surface area contributed by atoms with Gasteiger partial charge in [0.1, 0.15) is 5.82 Å². The molecule has 104 valence electrons. The molecule has 19 heavy (non-hydrogen) atoms.